The van der Waals surface area contributed by atoms with Crippen LogP contribution in [-0.2, 0) is 34.1 Å². The van der Waals surface area contributed by atoms with Crippen LogP contribution in [0.15, 0.2) is 238 Å². The molecular formula is C62H43I3Mn2N8O6. The van der Waals surface area contributed by atoms with Gasteiger partial charge in [-0.05, 0) is 77.2 Å². The Hall–Kier alpha value is -7.31. The summed E-state index contributed by atoms with van der Waals surface area (Å²) in [6.45, 7) is 0. The standard InChI is InChI=1S/4C12H8N2.C7H5IO2.C7H4O2.2HI.2Mn.2H2O/c4*1-3-9-5-6-10-4-2-8-14-12(10)11(9)13-7-1;8-6-4-2-1-3-5(6)7(9)10;8-7(9)6-4-2-1-3-5-6;;;;;;/h4*1-8H;1-4H,(H,9,10);1-3H,(H,8,9);2*1H;;;2*1H2/q;;;;;-2;;;2*+3;;/p-4. The number of aromatic nitrogens is 8. The summed E-state index contributed by atoms with van der Waals surface area (Å²) in [7, 11) is 0. The zero-order valence-corrected chi connectivity index (χ0v) is 51.0. The summed E-state index contributed by atoms with van der Waals surface area (Å²) >= 11 is 1.95. The van der Waals surface area contributed by atoms with Crippen LogP contribution in [0.2, 0.25) is 0 Å². The molecule has 0 atom stereocenters. The maximum Gasteiger partial charge on any atom is 3.00 e. The molecule has 0 saturated carbocycles. The van der Waals surface area contributed by atoms with Gasteiger partial charge in [0, 0.05) is 102 Å². The first-order valence-corrected chi connectivity index (χ1v) is 24.3. The van der Waals surface area contributed by atoms with Gasteiger partial charge in [0.25, 0.3) is 0 Å². The van der Waals surface area contributed by atoms with Crippen molar-refractivity contribution in [2.45, 2.75) is 0 Å². The number of aromatic carboxylic acids is 2. The number of hydrogen-bond donors (Lipinski definition) is 0. The first kappa shape index (κ1) is 68.0. The van der Waals surface area contributed by atoms with Crippen LogP contribution in [0.3, 0.4) is 0 Å². The van der Waals surface area contributed by atoms with Crippen LogP contribution in [-0.4, -0.2) is 62.8 Å². The minimum atomic E-state index is -1.24. The van der Waals surface area contributed by atoms with E-state index < -0.39 is 11.9 Å². The summed E-state index contributed by atoms with van der Waals surface area (Å²) in [5.74, 6) is -2.36. The predicted molar refractivity (Wildman–Crippen MR) is 307 cm³/mol. The molecule has 0 radical (unpaired) electrons. The third-order valence-corrected chi connectivity index (χ3v) is 12.3. The van der Waals surface area contributed by atoms with Crippen LogP contribution in [0.25, 0.3) is 87.2 Å². The first-order valence-electron chi connectivity index (χ1n) is 23.2. The summed E-state index contributed by atoms with van der Waals surface area (Å²) in [5.41, 5.74) is 8.04. The van der Waals surface area contributed by atoms with Crippen LogP contribution in [0.4, 0.5) is 0 Å². The van der Waals surface area contributed by atoms with Crippen molar-refractivity contribution < 1.29 is 113 Å². The number of benzene rings is 6. The SMILES string of the molecule is O.O.O=C([O-])c1[c-]ccc[c-]1.O=C([O-])c1ccccc1I.[I-].[I-].[Mn+3].[Mn+3].c1cnc2c(c1)ccc1cccnc12.c1cnc2c(c1)ccc1cccnc12.c1cnc2c(c1)ccc1cccnc12.c1cnc2c(c1)ccc1cccnc12. The van der Waals surface area contributed by atoms with Gasteiger partial charge in [0.1, 0.15) is 0 Å². The van der Waals surface area contributed by atoms with Gasteiger partial charge in [-0.3, -0.25) is 57.6 Å². The molecule has 14 rings (SSSR count). The van der Waals surface area contributed by atoms with Gasteiger partial charge in [-0.25, -0.2) is 18.2 Å². The molecule has 14 aromatic rings. The maximum absolute atomic E-state index is 10.3. The second-order valence-corrected chi connectivity index (χ2v) is 17.3. The van der Waals surface area contributed by atoms with Gasteiger partial charge in [-0.2, -0.15) is 0 Å². The molecular weight excluding hydrogens is 1440 g/mol. The summed E-state index contributed by atoms with van der Waals surface area (Å²) < 4.78 is 0.708. The first-order chi connectivity index (χ1) is 36.8. The molecule has 0 aliphatic rings. The van der Waals surface area contributed by atoms with Gasteiger partial charge < -0.3 is 78.7 Å². The molecule has 19 heteroatoms. The summed E-state index contributed by atoms with van der Waals surface area (Å²) in [6, 6.07) is 64.8. The number of carbonyl (C=O) groups excluding carboxylic acids is 2. The normalized spacial score (nSPS) is 9.64. The number of pyridine rings is 8. The Morgan fingerprint density at radius 3 is 0.716 bits per heavy atom. The molecule has 81 heavy (non-hydrogen) atoms. The summed E-state index contributed by atoms with van der Waals surface area (Å²) in [4.78, 5) is 55.1. The topological polar surface area (TPSA) is 246 Å². The fourth-order valence-electron chi connectivity index (χ4n) is 7.82. The van der Waals surface area contributed by atoms with Crippen molar-refractivity contribution in [2.24, 2.45) is 0 Å². The Morgan fingerprint density at radius 2 is 0.543 bits per heavy atom. The van der Waals surface area contributed by atoms with E-state index in [0.717, 1.165) is 87.2 Å². The molecule has 6 aromatic carbocycles. The monoisotopic (exact) mass is 1490 g/mol. The molecule has 14 nitrogen and oxygen atoms in total. The van der Waals surface area contributed by atoms with Gasteiger partial charge in [-0.15, -0.1) is 5.97 Å². The minimum Gasteiger partial charge on any atom is -1.00 e. The van der Waals surface area contributed by atoms with E-state index in [2.05, 4.69) is 149 Å². The fraction of sp³-hybridized carbons (Fsp3) is 0. The van der Waals surface area contributed by atoms with Crippen LogP contribution in [0.1, 0.15) is 20.7 Å². The number of hydrogen-bond acceptors (Lipinski definition) is 12. The fourth-order valence-corrected chi connectivity index (χ4v) is 8.42. The number of carbonyl (C=O) groups is 2. The van der Waals surface area contributed by atoms with E-state index in [1.54, 1.807) is 73.8 Å². The van der Waals surface area contributed by atoms with E-state index in [9.17, 15) is 19.8 Å². The van der Waals surface area contributed by atoms with Crippen molar-refractivity contribution in [3.05, 3.63) is 264 Å². The van der Waals surface area contributed by atoms with Crippen molar-refractivity contribution in [3.63, 3.8) is 0 Å². The molecule has 0 aliphatic heterocycles. The summed E-state index contributed by atoms with van der Waals surface area (Å²) in [6.07, 6.45) is 14.4. The molecule has 402 valence electrons. The second-order valence-electron chi connectivity index (χ2n) is 16.1. The van der Waals surface area contributed by atoms with Gasteiger partial charge in [0.05, 0.1) is 50.1 Å². The molecule has 0 amide bonds. The van der Waals surface area contributed by atoms with Crippen molar-refractivity contribution in [1.82, 2.24) is 39.9 Å². The van der Waals surface area contributed by atoms with Crippen LogP contribution < -0.4 is 58.2 Å². The Balaban J connectivity index is 0.000000253. The average Bonchev–Trinajstić information content (AvgIpc) is 3.54. The predicted octanol–water partition coefficient (Wildman–Crippen LogP) is 3.79. The van der Waals surface area contributed by atoms with Gasteiger partial charge >= 0.3 is 34.1 Å². The average molecular weight is 1490 g/mol. The summed E-state index contributed by atoms with van der Waals surface area (Å²) in [5, 5.41) is 29.4. The zero-order valence-electron chi connectivity index (χ0n) is 42.1. The Morgan fingerprint density at radius 1 is 0.321 bits per heavy atom. The van der Waals surface area contributed by atoms with Crippen molar-refractivity contribution >= 4 is 122 Å². The molecule has 4 N–H and O–H groups in total. The minimum absolute atomic E-state index is 0. The van der Waals surface area contributed by atoms with Gasteiger partial charge in [0.15, 0.2) is 0 Å². The van der Waals surface area contributed by atoms with Crippen LogP contribution >= 0.6 is 22.6 Å². The smallest absolute Gasteiger partial charge is 1.00 e. The van der Waals surface area contributed by atoms with E-state index in [4.69, 9.17) is 0 Å². The number of nitrogens with zero attached hydrogens (tertiary/aromatic N) is 8. The van der Waals surface area contributed by atoms with Crippen molar-refractivity contribution in [3.8, 4) is 0 Å². The Bertz CT molecular complexity index is 3630. The van der Waals surface area contributed by atoms with E-state index >= 15 is 0 Å². The molecule has 0 saturated heterocycles. The van der Waals surface area contributed by atoms with E-state index in [-0.39, 0.29) is 104 Å². The van der Waals surface area contributed by atoms with Gasteiger partial charge in [0.2, 0.25) is 0 Å². The van der Waals surface area contributed by atoms with Crippen LogP contribution in [0, 0.1) is 15.7 Å². The molecule has 8 aromatic heterocycles. The Kier molecular flexibility index (Phi) is 28.6. The third kappa shape index (κ3) is 17.6. The maximum atomic E-state index is 10.3. The van der Waals surface area contributed by atoms with E-state index in [0.29, 0.717) is 3.57 Å². The molecule has 0 aliphatic carbocycles. The van der Waals surface area contributed by atoms with Gasteiger partial charge in [-0.1, -0.05) is 115 Å². The van der Waals surface area contributed by atoms with Crippen molar-refractivity contribution in [2.75, 3.05) is 0 Å². The quantitative estimate of drug-likeness (QED) is 0.104. The molecule has 0 fully saturated rings. The number of rotatable bonds is 2. The molecule has 0 bridgehead atoms. The number of carboxylic acids is 2. The van der Waals surface area contributed by atoms with E-state index in [1.807, 2.05) is 71.1 Å². The number of halogens is 3. The molecule has 8 heterocycles. The molecule has 0 spiro atoms. The van der Waals surface area contributed by atoms with E-state index in [1.165, 1.54) is 18.2 Å². The van der Waals surface area contributed by atoms with Crippen molar-refractivity contribution in [1.29, 1.82) is 0 Å². The largest absolute Gasteiger partial charge is 3.00 e. The number of fused-ring (bicyclic) bond motifs is 12. The number of carboxylic acid groups (broad SMARTS) is 2. The Labute approximate surface area is 533 Å². The third-order valence-electron chi connectivity index (χ3n) is 11.3. The second kappa shape index (κ2) is 34.1. The van der Waals surface area contributed by atoms with Crippen LogP contribution in [0.5, 0.6) is 0 Å². The zero-order chi connectivity index (χ0) is 51.8. The molecule has 0 unspecified atom stereocenters.